The van der Waals surface area contributed by atoms with Crippen LogP contribution < -0.4 is 9.47 Å². The Balaban J connectivity index is 2.22. The molecule has 20 heavy (non-hydrogen) atoms. The molecule has 4 nitrogen and oxygen atoms in total. The van der Waals surface area contributed by atoms with E-state index >= 15 is 0 Å². The van der Waals surface area contributed by atoms with Gasteiger partial charge in [0.15, 0.2) is 5.78 Å². The van der Waals surface area contributed by atoms with E-state index in [2.05, 4.69) is 0 Å². The minimum absolute atomic E-state index is 0.0318. The van der Waals surface area contributed by atoms with Gasteiger partial charge in [-0.3, -0.25) is 4.79 Å². The first kappa shape index (κ1) is 14.2. The van der Waals surface area contributed by atoms with Crippen molar-refractivity contribution in [2.45, 2.75) is 6.92 Å². The zero-order chi connectivity index (χ0) is 14.7. The number of aromatic nitrogens is 1. The van der Waals surface area contributed by atoms with Gasteiger partial charge >= 0.3 is 6.03 Å². The van der Waals surface area contributed by atoms with Crippen LogP contribution in [0.4, 0.5) is 10.5 Å². The first-order valence-electron chi connectivity index (χ1n) is 6.05. The van der Waals surface area contributed by atoms with Crippen LogP contribution in [0, 0.1) is 0 Å². The molecule has 0 radical (unpaired) electrons. The van der Waals surface area contributed by atoms with Gasteiger partial charge in [-0.05, 0) is 43.3 Å². The maximum atomic E-state index is 12.3. The summed E-state index contributed by atoms with van der Waals surface area (Å²) in [5.74, 6) is -0.0318. The molecule has 0 saturated carbocycles. The molecule has 1 amide bonds. The number of anilines is 1. The maximum absolute atomic E-state index is 12.3. The Kier molecular flexibility index (Phi) is 4.15. The van der Waals surface area contributed by atoms with Crippen LogP contribution in [0.15, 0.2) is 48.8 Å². The van der Waals surface area contributed by atoms with Gasteiger partial charge in [0.05, 0.1) is 7.05 Å². The molecule has 0 aliphatic carbocycles. The third-order valence-corrected chi connectivity index (χ3v) is 3.21. The highest BCUT2D eigenvalue weighted by molar-refractivity contribution is 6.30. The first-order chi connectivity index (χ1) is 9.49. The average Bonchev–Trinajstić information content (AvgIpc) is 2.46. The van der Waals surface area contributed by atoms with E-state index in [-0.39, 0.29) is 11.8 Å². The van der Waals surface area contributed by atoms with Crippen LogP contribution in [-0.2, 0) is 0 Å². The summed E-state index contributed by atoms with van der Waals surface area (Å²) in [6, 6.07) is 10.0. The molecule has 0 unspecified atom stereocenters. The number of halogens is 1. The molecule has 0 spiro atoms. The van der Waals surface area contributed by atoms with Crippen molar-refractivity contribution in [1.82, 2.24) is 0 Å². The summed E-state index contributed by atoms with van der Waals surface area (Å²) in [4.78, 5) is 25.0. The Bertz CT molecular complexity index is 636. The fourth-order valence-electron chi connectivity index (χ4n) is 1.74. The van der Waals surface area contributed by atoms with Crippen molar-refractivity contribution in [3.05, 3.63) is 59.4 Å². The summed E-state index contributed by atoms with van der Waals surface area (Å²) in [7, 11) is 1.68. The Morgan fingerprint density at radius 3 is 2.10 bits per heavy atom. The molecule has 2 aromatic rings. The van der Waals surface area contributed by atoms with Crippen LogP contribution in [0.1, 0.15) is 17.3 Å². The van der Waals surface area contributed by atoms with Crippen molar-refractivity contribution in [2.75, 3.05) is 11.9 Å². The minimum atomic E-state index is -0.220. The maximum Gasteiger partial charge on any atom is 0.502 e. The van der Waals surface area contributed by atoms with Crippen LogP contribution in [0.2, 0.25) is 5.02 Å². The molecule has 1 aromatic heterocycles. The molecular formula is C15H14ClN2O2+. The normalized spacial score (nSPS) is 10.2. The lowest BCUT2D eigenvalue weighted by molar-refractivity contribution is -0.569. The lowest BCUT2D eigenvalue weighted by Gasteiger charge is -2.09. The predicted octanol–water partition coefficient (Wildman–Crippen LogP) is 2.93. The fourth-order valence-corrected chi connectivity index (χ4v) is 1.86. The molecule has 102 valence electrons. The van der Waals surface area contributed by atoms with E-state index < -0.39 is 0 Å². The number of benzene rings is 1. The number of Topliss-reactive ketones (excluding diaryl/α,β-unsaturated/α-hetero) is 1. The zero-order valence-electron chi connectivity index (χ0n) is 11.2. The zero-order valence-corrected chi connectivity index (χ0v) is 12.0. The van der Waals surface area contributed by atoms with E-state index in [9.17, 15) is 9.59 Å². The van der Waals surface area contributed by atoms with Crippen LogP contribution in [-0.4, -0.2) is 18.9 Å². The van der Waals surface area contributed by atoms with Gasteiger partial charge in [0.1, 0.15) is 18.1 Å². The molecule has 5 heteroatoms. The third kappa shape index (κ3) is 3.03. The molecule has 0 bridgehead atoms. The average molecular weight is 290 g/mol. The van der Waals surface area contributed by atoms with Crippen molar-refractivity contribution in [1.29, 1.82) is 0 Å². The van der Waals surface area contributed by atoms with Crippen molar-refractivity contribution in [3.63, 3.8) is 0 Å². The summed E-state index contributed by atoms with van der Waals surface area (Å²) in [6.45, 7) is 1.49. The summed E-state index contributed by atoms with van der Waals surface area (Å²) in [5, 5.41) is 0.619. The van der Waals surface area contributed by atoms with Crippen molar-refractivity contribution >= 4 is 29.1 Å². The molecule has 0 aliphatic rings. The van der Waals surface area contributed by atoms with Crippen LogP contribution >= 0.6 is 11.6 Å². The van der Waals surface area contributed by atoms with Crippen molar-refractivity contribution in [3.8, 4) is 0 Å². The van der Waals surface area contributed by atoms with Gasteiger partial charge in [0.25, 0.3) is 0 Å². The number of nitrogens with zero attached hydrogens (tertiary/aromatic N) is 2. The Labute approximate surface area is 122 Å². The topological polar surface area (TPSA) is 41.3 Å². The van der Waals surface area contributed by atoms with Crippen LogP contribution in [0.5, 0.6) is 0 Å². The van der Waals surface area contributed by atoms with Crippen molar-refractivity contribution in [2.24, 2.45) is 0 Å². The van der Waals surface area contributed by atoms with E-state index in [0.717, 1.165) is 5.69 Å². The SMILES string of the molecule is CC(=O)c1cc[n+](C(=O)N(C)c2ccc(Cl)cc2)cc1. The predicted molar refractivity (Wildman–Crippen MR) is 77.3 cm³/mol. The molecule has 1 aromatic carbocycles. The summed E-state index contributed by atoms with van der Waals surface area (Å²) < 4.78 is 1.42. The number of pyridine rings is 1. The highest BCUT2D eigenvalue weighted by Gasteiger charge is 2.22. The minimum Gasteiger partial charge on any atom is -0.295 e. The second-order valence-electron chi connectivity index (χ2n) is 4.37. The molecule has 0 fully saturated rings. The summed E-state index contributed by atoms with van der Waals surface area (Å²) >= 11 is 5.82. The third-order valence-electron chi connectivity index (χ3n) is 2.96. The van der Waals surface area contributed by atoms with Gasteiger partial charge in [-0.2, -0.15) is 14.3 Å². The molecule has 2 rings (SSSR count). The van der Waals surface area contributed by atoms with Gasteiger partial charge in [0.2, 0.25) is 0 Å². The number of ketones is 1. The van der Waals surface area contributed by atoms with Crippen molar-refractivity contribution < 1.29 is 14.2 Å². The molecule has 1 heterocycles. The lowest BCUT2D eigenvalue weighted by Crippen LogP contribution is -2.50. The highest BCUT2D eigenvalue weighted by Crippen LogP contribution is 2.16. The Morgan fingerprint density at radius 2 is 1.60 bits per heavy atom. The number of rotatable bonds is 2. The summed E-state index contributed by atoms with van der Waals surface area (Å²) in [5.41, 5.74) is 1.31. The second-order valence-corrected chi connectivity index (χ2v) is 4.80. The highest BCUT2D eigenvalue weighted by atomic mass is 35.5. The summed E-state index contributed by atoms with van der Waals surface area (Å²) in [6.07, 6.45) is 3.15. The van der Waals surface area contributed by atoms with E-state index in [1.807, 2.05) is 0 Å². The standard InChI is InChI=1S/C15H14ClN2O2/c1-11(19)12-7-9-18(10-8-12)15(20)17(2)14-5-3-13(16)4-6-14/h3-10H,1-2H3/q+1. The number of hydrogen-bond donors (Lipinski definition) is 0. The Hall–Kier alpha value is -2.20. The van der Waals surface area contributed by atoms with Gasteiger partial charge in [-0.15, -0.1) is 0 Å². The van der Waals surface area contributed by atoms with E-state index in [1.165, 1.54) is 16.4 Å². The van der Waals surface area contributed by atoms with Crippen LogP contribution in [0.25, 0.3) is 0 Å². The monoisotopic (exact) mass is 289 g/mol. The van der Waals surface area contributed by atoms with Gasteiger partial charge in [0, 0.05) is 10.6 Å². The lowest BCUT2D eigenvalue weighted by atomic mass is 10.2. The smallest absolute Gasteiger partial charge is 0.295 e. The number of hydrogen-bond acceptors (Lipinski definition) is 2. The van der Waals surface area contributed by atoms with Crippen LogP contribution in [0.3, 0.4) is 0 Å². The molecule has 0 atom stereocenters. The number of carbonyl (C=O) groups excluding carboxylic acids is 2. The number of amides is 1. The molecule has 0 N–H and O–H groups in total. The van der Waals surface area contributed by atoms with Gasteiger partial charge in [-0.1, -0.05) is 11.6 Å². The second kappa shape index (κ2) is 5.84. The Morgan fingerprint density at radius 1 is 1.05 bits per heavy atom. The first-order valence-corrected chi connectivity index (χ1v) is 6.43. The molecule has 0 aliphatic heterocycles. The fraction of sp³-hybridized carbons (Fsp3) is 0.133. The largest absolute Gasteiger partial charge is 0.502 e. The van der Waals surface area contributed by atoms with Gasteiger partial charge in [-0.25, -0.2) is 0 Å². The molecular weight excluding hydrogens is 276 g/mol. The van der Waals surface area contributed by atoms with E-state index in [4.69, 9.17) is 11.6 Å². The molecule has 0 saturated heterocycles. The van der Waals surface area contributed by atoms with E-state index in [1.54, 1.807) is 55.8 Å². The quantitative estimate of drug-likeness (QED) is 0.630. The van der Waals surface area contributed by atoms with Gasteiger partial charge < -0.3 is 0 Å². The number of carbonyl (C=O) groups is 2. The van der Waals surface area contributed by atoms with E-state index in [0.29, 0.717) is 10.6 Å².